The average molecular weight is 409 g/mol. The minimum atomic E-state index is -0.443. The number of carbonyl (C=O) groups excluding carboxylic acids is 1. The van der Waals surface area contributed by atoms with E-state index in [-0.39, 0.29) is 11.6 Å². The predicted octanol–water partition coefficient (Wildman–Crippen LogP) is 5.62. The van der Waals surface area contributed by atoms with Gasteiger partial charge in [0, 0.05) is 31.7 Å². The molecule has 0 N–H and O–H groups in total. The summed E-state index contributed by atoms with van der Waals surface area (Å²) in [6.45, 7) is 13.6. The number of nitrogens with zero attached hydrogens (tertiary/aromatic N) is 2. The molecule has 0 saturated carbocycles. The van der Waals surface area contributed by atoms with Gasteiger partial charge in [0.05, 0.1) is 0 Å². The highest BCUT2D eigenvalue weighted by Crippen LogP contribution is 2.26. The van der Waals surface area contributed by atoms with E-state index in [1.165, 1.54) is 16.7 Å². The molecule has 0 aromatic heterocycles. The number of amides is 1. The van der Waals surface area contributed by atoms with Gasteiger partial charge in [0.2, 0.25) is 0 Å². The molecule has 0 aliphatic carbocycles. The molecule has 0 radical (unpaired) electrons. The molecule has 2 aromatic rings. The molecule has 4 heteroatoms. The fourth-order valence-electron chi connectivity index (χ4n) is 3.97. The Morgan fingerprint density at radius 3 is 2.13 bits per heavy atom. The lowest BCUT2D eigenvalue weighted by Gasteiger charge is -2.44. The van der Waals surface area contributed by atoms with Crippen molar-refractivity contribution in [3.8, 4) is 11.1 Å². The third-order valence-corrected chi connectivity index (χ3v) is 5.85. The van der Waals surface area contributed by atoms with E-state index in [1.54, 1.807) is 0 Å². The van der Waals surface area contributed by atoms with Crippen molar-refractivity contribution in [2.75, 3.05) is 26.2 Å². The lowest BCUT2D eigenvalue weighted by atomic mass is 9.91. The number of hydrogen-bond acceptors (Lipinski definition) is 3. The van der Waals surface area contributed by atoms with Crippen LogP contribution in [-0.4, -0.2) is 53.2 Å². The summed E-state index contributed by atoms with van der Waals surface area (Å²) in [6, 6.07) is 19.4. The van der Waals surface area contributed by atoms with Crippen LogP contribution in [0.4, 0.5) is 4.79 Å². The molecule has 1 aliphatic heterocycles. The lowest BCUT2D eigenvalue weighted by molar-refractivity contribution is 0.000783. The molecule has 0 spiro atoms. The van der Waals surface area contributed by atoms with E-state index in [0.717, 1.165) is 39.0 Å². The summed E-state index contributed by atoms with van der Waals surface area (Å²) in [7, 11) is 0. The van der Waals surface area contributed by atoms with Crippen molar-refractivity contribution in [3.05, 3.63) is 60.2 Å². The first-order valence-electron chi connectivity index (χ1n) is 11.0. The molecule has 0 atom stereocenters. The summed E-state index contributed by atoms with van der Waals surface area (Å²) in [5.74, 6) is 0. The smallest absolute Gasteiger partial charge is 0.410 e. The van der Waals surface area contributed by atoms with Crippen LogP contribution in [0.2, 0.25) is 0 Å². The number of aryl methyl sites for hydroxylation is 1. The Morgan fingerprint density at radius 1 is 0.867 bits per heavy atom. The first kappa shape index (κ1) is 22.4. The summed E-state index contributed by atoms with van der Waals surface area (Å²) in [5.41, 5.74) is 3.55. The zero-order valence-electron chi connectivity index (χ0n) is 19.1. The van der Waals surface area contributed by atoms with Gasteiger partial charge in [-0.25, -0.2) is 4.79 Å². The van der Waals surface area contributed by atoms with Crippen molar-refractivity contribution < 1.29 is 9.53 Å². The van der Waals surface area contributed by atoms with Crippen LogP contribution in [-0.2, 0) is 11.2 Å². The summed E-state index contributed by atoms with van der Waals surface area (Å²) in [4.78, 5) is 16.7. The molecule has 1 aliphatic rings. The summed E-state index contributed by atoms with van der Waals surface area (Å²) in [5, 5.41) is 0. The minimum absolute atomic E-state index is 0.0861. The van der Waals surface area contributed by atoms with Gasteiger partial charge in [-0.3, -0.25) is 4.90 Å². The summed E-state index contributed by atoms with van der Waals surface area (Å²) in [6.07, 6.45) is 1.93. The zero-order valence-corrected chi connectivity index (χ0v) is 19.1. The molecule has 2 aromatic carbocycles. The third kappa shape index (κ3) is 6.09. The second kappa shape index (κ2) is 9.22. The second-order valence-electron chi connectivity index (χ2n) is 9.83. The van der Waals surface area contributed by atoms with Crippen molar-refractivity contribution >= 4 is 6.09 Å². The molecule has 4 nitrogen and oxygen atoms in total. The number of rotatable bonds is 5. The van der Waals surface area contributed by atoms with Crippen LogP contribution in [0.25, 0.3) is 11.1 Å². The first-order valence-corrected chi connectivity index (χ1v) is 11.0. The Labute approximate surface area is 181 Å². The van der Waals surface area contributed by atoms with Crippen LogP contribution in [0.15, 0.2) is 54.6 Å². The summed E-state index contributed by atoms with van der Waals surface area (Å²) >= 11 is 0. The van der Waals surface area contributed by atoms with Crippen molar-refractivity contribution in [2.24, 2.45) is 0 Å². The standard InChI is InChI=1S/C26H36N2O2/c1-25(2,3)30-24(29)27-16-18-28(19-17-27)26(4,5)15-14-21-10-9-13-23(20-21)22-11-7-6-8-12-22/h6-13,20H,14-19H2,1-5H3. The minimum Gasteiger partial charge on any atom is -0.444 e. The van der Waals surface area contributed by atoms with E-state index in [0.29, 0.717) is 0 Å². The van der Waals surface area contributed by atoms with Crippen LogP contribution in [0.1, 0.15) is 46.6 Å². The topological polar surface area (TPSA) is 32.8 Å². The second-order valence-corrected chi connectivity index (χ2v) is 9.83. The summed E-state index contributed by atoms with van der Waals surface area (Å²) < 4.78 is 5.52. The molecule has 1 amide bonds. The van der Waals surface area contributed by atoms with E-state index < -0.39 is 5.60 Å². The Hall–Kier alpha value is -2.33. The van der Waals surface area contributed by atoms with Crippen LogP contribution in [0.5, 0.6) is 0 Å². The molecular weight excluding hydrogens is 372 g/mol. The molecule has 162 valence electrons. The SMILES string of the molecule is CC(C)(C)OC(=O)N1CCN(C(C)(C)CCc2cccc(-c3ccccc3)c2)CC1. The van der Waals surface area contributed by atoms with Gasteiger partial charge >= 0.3 is 6.09 Å². The van der Waals surface area contributed by atoms with E-state index in [9.17, 15) is 4.79 Å². The van der Waals surface area contributed by atoms with E-state index in [1.807, 2.05) is 25.7 Å². The van der Waals surface area contributed by atoms with Crippen LogP contribution < -0.4 is 0 Å². The Morgan fingerprint density at radius 2 is 1.50 bits per heavy atom. The van der Waals surface area contributed by atoms with Gasteiger partial charge in [-0.05, 0) is 64.2 Å². The molecule has 0 bridgehead atoms. The monoisotopic (exact) mass is 408 g/mol. The maximum Gasteiger partial charge on any atom is 0.410 e. The number of benzene rings is 2. The molecule has 1 saturated heterocycles. The third-order valence-electron chi connectivity index (χ3n) is 5.85. The Bertz CT molecular complexity index is 832. The highest BCUT2D eigenvalue weighted by molar-refractivity contribution is 5.68. The zero-order chi connectivity index (χ0) is 21.8. The van der Waals surface area contributed by atoms with Crippen molar-refractivity contribution in [1.29, 1.82) is 0 Å². The van der Waals surface area contributed by atoms with Gasteiger partial charge in [-0.2, -0.15) is 0 Å². The largest absolute Gasteiger partial charge is 0.444 e. The first-order chi connectivity index (χ1) is 14.1. The van der Waals surface area contributed by atoms with E-state index in [4.69, 9.17) is 4.74 Å². The van der Waals surface area contributed by atoms with Crippen molar-refractivity contribution in [3.63, 3.8) is 0 Å². The molecule has 30 heavy (non-hydrogen) atoms. The van der Waals surface area contributed by atoms with Gasteiger partial charge in [0.1, 0.15) is 5.60 Å². The fraction of sp³-hybridized carbons (Fsp3) is 0.500. The van der Waals surface area contributed by atoms with Crippen LogP contribution in [0, 0.1) is 0 Å². The molecule has 1 fully saturated rings. The molecule has 3 rings (SSSR count). The van der Waals surface area contributed by atoms with Crippen molar-refractivity contribution in [2.45, 2.75) is 58.6 Å². The highest BCUT2D eigenvalue weighted by atomic mass is 16.6. The van der Waals surface area contributed by atoms with Gasteiger partial charge in [0.15, 0.2) is 0 Å². The normalized spacial score (nSPS) is 15.8. The molecule has 0 unspecified atom stereocenters. The Kier molecular flexibility index (Phi) is 6.87. The van der Waals surface area contributed by atoms with Gasteiger partial charge in [0.25, 0.3) is 0 Å². The van der Waals surface area contributed by atoms with E-state index in [2.05, 4.69) is 73.3 Å². The fourth-order valence-corrected chi connectivity index (χ4v) is 3.97. The van der Waals surface area contributed by atoms with Crippen LogP contribution >= 0.6 is 0 Å². The maximum atomic E-state index is 12.3. The maximum absolute atomic E-state index is 12.3. The predicted molar refractivity (Wildman–Crippen MR) is 124 cm³/mol. The van der Waals surface area contributed by atoms with Crippen molar-refractivity contribution in [1.82, 2.24) is 9.80 Å². The number of piperazine rings is 1. The van der Waals surface area contributed by atoms with Gasteiger partial charge < -0.3 is 9.64 Å². The molecule has 1 heterocycles. The molecular formula is C26H36N2O2. The number of hydrogen-bond donors (Lipinski definition) is 0. The number of carbonyl (C=O) groups is 1. The lowest BCUT2D eigenvalue weighted by Crippen LogP contribution is -2.56. The average Bonchev–Trinajstić information content (AvgIpc) is 2.72. The van der Waals surface area contributed by atoms with Gasteiger partial charge in [-0.15, -0.1) is 0 Å². The quantitative estimate of drug-likeness (QED) is 0.644. The number of ether oxygens (including phenoxy) is 1. The van der Waals surface area contributed by atoms with E-state index >= 15 is 0 Å². The van der Waals surface area contributed by atoms with Crippen LogP contribution in [0.3, 0.4) is 0 Å². The Balaban J connectivity index is 1.54. The highest BCUT2D eigenvalue weighted by Gasteiger charge is 2.32. The van der Waals surface area contributed by atoms with Gasteiger partial charge in [-0.1, -0.05) is 54.6 Å².